The minimum absolute atomic E-state index is 0.770. The second kappa shape index (κ2) is 4.19. The Balaban J connectivity index is 1.92. The molecule has 14 heavy (non-hydrogen) atoms. The fraction of sp³-hybridized carbons (Fsp3) is 1.00. The number of fused-ring (bicyclic) bond motifs is 1. The first-order chi connectivity index (χ1) is 6.66. The van der Waals surface area contributed by atoms with Gasteiger partial charge in [0.1, 0.15) is 0 Å². The average Bonchev–Trinajstić information content (AvgIpc) is 2.51. The third kappa shape index (κ3) is 2.12. The number of hydrogen-bond acceptors (Lipinski definition) is 2. The van der Waals surface area contributed by atoms with Gasteiger partial charge in [0, 0.05) is 31.7 Å². The highest BCUT2D eigenvalue weighted by Crippen LogP contribution is 2.24. The van der Waals surface area contributed by atoms with Crippen molar-refractivity contribution < 1.29 is 0 Å². The molecule has 0 radical (unpaired) electrons. The third-order valence-corrected chi connectivity index (χ3v) is 3.67. The van der Waals surface area contributed by atoms with Gasteiger partial charge in [-0.3, -0.25) is 9.80 Å². The highest BCUT2D eigenvalue weighted by atomic mass is 15.3. The van der Waals surface area contributed by atoms with Gasteiger partial charge < -0.3 is 0 Å². The zero-order valence-electron chi connectivity index (χ0n) is 9.87. The van der Waals surface area contributed by atoms with E-state index in [9.17, 15) is 0 Å². The molecular formula is C12H24N2. The predicted molar refractivity (Wildman–Crippen MR) is 60.5 cm³/mol. The molecular weight excluding hydrogens is 172 g/mol. The van der Waals surface area contributed by atoms with Crippen molar-refractivity contribution in [3.63, 3.8) is 0 Å². The van der Waals surface area contributed by atoms with Crippen LogP contribution in [0, 0.1) is 5.92 Å². The molecule has 2 rings (SSSR count). The fourth-order valence-electron chi connectivity index (χ4n) is 2.97. The Morgan fingerprint density at radius 3 is 2.79 bits per heavy atom. The van der Waals surface area contributed by atoms with Gasteiger partial charge in [0.2, 0.25) is 0 Å². The van der Waals surface area contributed by atoms with Crippen LogP contribution in [0.15, 0.2) is 0 Å². The largest absolute Gasteiger partial charge is 0.298 e. The van der Waals surface area contributed by atoms with E-state index in [1.54, 1.807) is 0 Å². The summed E-state index contributed by atoms with van der Waals surface area (Å²) in [5.74, 6) is 0.811. The number of rotatable bonds is 2. The molecule has 0 bridgehead atoms. The first-order valence-electron chi connectivity index (χ1n) is 6.15. The van der Waals surface area contributed by atoms with Crippen LogP contribution in [-0.4, -0.2) is 48.1 Å². The van der Waals surface area contributed by atoms with E-state index in [2.05, 4.69) is 30.6 Å². The van der Waals surface area contributed by atoms with Crippen LogP contribution in [0.2, 0.25) is 0 Å². The van der Waals surface area contributed by atoms with Crippen molar-refractivity contribution in [2.75, 3.05) is 26.2 Å². The van der Waals surface area contributed by atoms with Crippen molar-refractivity contribution in [3.05, 3.63) is 0 Å². The Kier molecular flexibility index (Phi) is 3.13. The molecule has 2 atom stereocenters. The maximum atomic E-state index is 2.70. The van der Waals surface area contributed by atoms with E-state index in [1.807, 2.05) is 0 Å². The van der Waals surface area contributed by atoms with Crippen LogP contribution in [0.5, 0.6) is 0 Å². The van der Waals surface area contributed by atoms with Gasteiger partial charge in [0.25, 0.3) is 0 Å². The quantitative estimate of drug-likeness (QED) is 0.664. The molecule has 0 aromatic carbocycles. The minimum atomic E-state index is 0.770. The first kappa shape index (κ1) is 10.4. The summed E-state index contributed by atoms with van der Waals surface area (Å²) >= 11 is 0. The van der Waals surface area contributed by atoms with Crippen LogP contribution in [0.1, 0.15) is 33.6 Å². The van der Waals surface area contributed by atoms with Crippen LogP contribution in [-0.2, 0) is 0 Å². The molecule has 0 aliphatic carbocycles. The lowest BCUT2D eigenvalue weighted by Crippen LogP contribution is -2.55. The summed E-state index contributed by atoms with van der Waals surface area (Å²) in [5, 5.41) is 0. The van der Waals surface area contributed by atoms with Gasteiger partial charge in [-0.2, -0.15) is 0 Å². The number of nitrogens with zero attached hydrogens (tertiary/aromatic N) is 2. The Morgan fingerprint density at radius 2 is 2.07 bits per heavy atom. The van der Waals surface area contributed by atoms with E-state index in [0.29, 0.717) is 0 Å². The van der Waals surface area contributed by atoms with Crippen LogP contribution in [0.4, 0.5) is 0 Å². The van der Waals surface area contributed by atoms with Gasteiger partial charge in [0.05, 0.1) is 0 Å². The topological polar surface area (TPSA) is 6.48 Å². The van der Waals surface area contributed by atoms with Crippen molar-refractivity contribution in [2.45, 2.75) is 45.7 Å². The molecule has 0 spiro atoms. The second-order valence-electron chi connectivity index (χ2n) is 5.49. The Morgan fingerprint density at radius 1 is 1.29 bits per heavy atom. The standard InChI is InChI=1S/C12H24N2/c1-10(2)7-14-9-12-5-4-6-13(12)8-11(14)3/h10-12H,4-9H2,1-3H3. The third-order valence-electron chi connectivity index (χ3n) is 3.67. The highest BCUT2D eigenvalue weighted by Gasteiger charge is 2.34. The Labute approximate surface area is 88.3 Å². The molecule has 0 saturated carbocycles. The molecule has 0 aromatic heterocycles. The maximum Gasteiger partial charge on any atom is 0.0224 e. The molecule has 2 saturated heterocycles. The lowest BCUT2D eigenvalue weighted by atomic mass is 10.1. The normalized spacial score (nSPS) is 35.1. The molecule has 0 aromatic rings. The van der Waals surface area contributed by atoms with Gasteiger partial charge in [-0.25, -0.2) is 0 Å². The Bertz CT molecular complexity index is 191. The zero-order chi connectivity index (χ0) is 10.1. The maximum absolute atomic E-state index is 2.70. The van der Waals surface area contributed by atoms with Crippen molar-refractivity contribution in [1.82, 2.24) is 9.80 Å². The molecule has 2 unspecified atom stereocenters. The summed E-state index contributed by atoms with van der Waals surface area (Å²) in [6.07, 6.45) is 2.86. The lowest BCUT2D eigenvalue weighted by molar-refractivity contribution is 0.0515. The first-order valence-corrected chi connectivity index (χ1v) is 6.15. The molecule has 2 nitrogen and oxygen atoms in total. The fourth-order valence-corrected chi connectivity index (χ4v) is 2.97. The summed E-state index contributed by atoms with van der Waals surface area (Å²) in [6, 6.07) is 1.65. The summed E-state index contributed by atoms with van der Waals surface area (Å²) in [6.45, 7) is 12.3. The molecule has 82 valence electrons. The average molecular weight is 196 g/mol. The predicted octanol–water partition coefficient (Wildman–Crippen LogP) is 1.81. The van der Waals surface area contributed by atoms with E-state index in [1.165, 1.54) is 39.0 Å². The van der Waals surface area contributed by atoms with Crippen LogP contribution in [0.25, 0.3) is 0 Å². The van der Waals surface area contributed by atoms with Crippen LogP contribution >= 0.6 is 0 Å². The molecule has 2 aliphatic rings. The van der Waals surface area contributed by atoms with Gasteiger partial charge in [-0.15, -0.1) is 0 Å². The minimum Gasteiger partial charge on any atom is -0.298 e. The van der Waals surface area contributed by atoms with Gasteiger partial charge in [-0.1, -0.05) is 13.8 Å². The zero-order valence-corrected chi connectivity index (χ0v) is 9.87. The van der Waals surface area contributed by atoms with Gasteiger partial charge >= 0.3 is 0 Å². The number of hydrogen-bond donors (Lipinski definition) is 0. The molecule has 2 aliphatic heterocycles. The van der Waals surface area contributed by atoms with Gasteiger partial charge in [-0.05, 0) is 32.2 Å². The van der Waals surface area contributed by atoms with Crippen molar-refractivity contribution in [3.8, 4) is 0 Å². The molecule has 0 amide bonds. The summed E-state index contributed by atoms with van der Waals surface area (Å²) < 4.78 is 0. The van der Waals surface area contributed by atoms with E-state index >= 15 is 0 Å². The molecule has 2 heteroatoms. The van der Waals surface area contributed by atoms with Gasteiger partial charge in [0.15, 0.2) is 0 Å². The summed E-state index contributed by atoms with van der Waals surface area (Å²) in [5.41, 5.74) is 0. The molecule has 0 N–H and O–H groups in total. The highest BCUT2D eigenvalue weighted by molar-refractivity contribution is 4.90. The molecule has 2 fully saturated rings. The summed E-state index contributed by atoms with van der Waals surface area (Å²) in [7, 11) is 0. The Hall–Kier alpha value is -0.0800. The van der Waals surface area contributed by atoms with Crippen LogP contribution in [0.3, 0.4) is 0 Å². The van der Waals surface area contributed by atoms with Crippen LogP contribution < -0.4 is 0 Å². The van der Waals surface area contributed by atoms with E-state index in [-0.39, 0.29) is 0 Å². The number of piperazine rings is 1. The van der Waals surface area contributed by atoms with E-state index < -0.39 is 0 Å². The molecule has 2 heterocycles. The van der Waals surface area contributed by atoms with Crippen molar-refractivity contribution in [1.29, 1.82) is 0 Å². The second-order valence-corrected chi connectivity index (χ2v) is 5.49. The van der Waals surface area contributed by atoms with Crippen molar-refractivity contribution in [2.24, 2.45) is 5.92 Å². The van der Waals surface area contributed by atoms with E-state index in [4.69, 9.17) is 0 Å². The van der Waals surface area contributed by atoms with Crippen molar-refractivity contribution >= 4 is 0 Å². The monoisotopic (exact) mass is 196 g/mol. The summed E-state index contributed by atoms with van der Waals surface area (Å²) in [4.78, 5) is 5.39. The SMILES string of the molecule is CC(C)CN1CC2CCCN2CC1C. The smallest absolute Gasteiger partial charge is 0.0224 e. The van der Waals surface area contributed by atoms with E-state index in [0.717, 1.165) is 18.0 Å². The lowest BCUT2D eigenvalue weighted by Gasteiger charge is -2.43.